The highest BCUT2D eigenvalue weighted by Gasteiger charge is 2.20. The molecule has 1 atom stereocenters. The first-order valence-corrected chi connectivity index (χ1v) is 8.33. The Labute approximate surface area is 114 Å². The summed E-state index contributed by atoms with van der Waals surface area (Å²) < 4.78 is 0. The zero-order chi connectivity index (χ0) is 12.2. The molecule has 2 aliphatic rings. The van der Waals surface area contributed by atoms with E-state index in [1.165, 1.54) is 64.7 Å². The van der Waals surface area contributed by atoms with Crippen molar-refractivity contribution in [3.05, 3.63) is 21.9 Å². The first-order chi connectivity index (χ1) is 8.93. The van der Waals surface area contributed by atoms with Gasteiger partial charge in [0.15, 0.2) is 0 Å². The van der Waals surface area contributed by atoms with E-state index < -0.39 is 0 Å². The predicted molar refractivity (Wildman–Crippen MR) is 78.3 cm³/mol. The van der Waals surface area contributed by atoms with Crippen LogP contribution in [-0.2, 0) is 6.42 Å². The molecular weight excluding hydrogens is 240 g/mol. The molecule has 100 valence electrons. The fourth-order valence-electron chi connectivity index (χ4n) is 3.28. The molecular formula is C15H24N2S. The highest BCUT2D eigenvalue weighted by Crippen LogP contribution is 2.33. The van der Waals surface area contributed by atoms with Crippen LogP contribution >= 0.6 is 11.3 Å². The van der Waals surface area contributed by atoms with Crippen LogP contribution in [0.1, 0.15) is 48.6 Å². The van der Waals surface area contributed by atoms with E-state index in [0.29, 0.717) is 6.04 Å². The van der Waals surface area contributed by atoms with Gasteiger partial charge in [-0.15, -0.1) is 11.3 Å². The third-order valence-electron chi connectivity index (χ3n) is 4.29. The molecule has 3 heteroatoms. The third kappa shape index (κ3) is 2.95. The largest absolute Gasteiger partial charge is 0.310 e. The number of hydrogen-bond donors (Lipinski definition) is 1. The van der Waals surface area contributed by atoms with Gasteiger partial charge in [0.2, 0.25) is 0 Å². The van der Waals surface area contributed by atoms with Gasteiger partial charge in [-0.1, -0.05) is 0 Å². The molecule has 2 heterocycles. The minimum atomic E-state index is 0.638. The molecule has 1 unspecified atom stereocenters. The van der Waals surface area contributed by atoms with E-state index in [9.17, 15) is 0 Å². The Hall–Kier alpha value is -0.380. The standard InChI is InChI=1S/C15H24N2S/c1-2-10-17(9-1)11-4-8-16-14-5-3-6-15-13(14)7-12-18-15/h7,12,14,16H,1-6,8-11H2. The van der Waals surface area contributed by atoms with E-state index in [2.05, 4.69) is 21.7 Å². The van der Waals surface area contributed by atoms with E-state index in [-0.39, 0.29) is 0 Å². The lowest BCUT2D eigenvalue weighted by atomic mass is 9.94. The molecule has 3 rings (SSSR count). The SMILES string of the molecule is c1cc2c(s1)CCCC2NCCCN1CCCC1. The second-order valence-corrected chi connectivity index (χ2v) is 6.60. The maximum absolute atomic E-state index is 3.77. The smallest absolute Gasteiger partial charge is 0.0331 e. The van der Waals surface area contributed by atoms with E-state index in [1.54, 1.807) is 10.4 Å². The number of aryl methyl sites for hydroxylation is 1. The summed E-state index contributed by atoms with van der Waals surface area (Å²) in [6.07, 6.45) is 8.11. The molecule has 0 spiro atoms. The molecule has 1 aliphatic heterocycles. The Kier molecular flexibility index (Phi) is 4.34. The number of thiophene rings is 1. The summed E-state index contributed by atoms with van der Waals surface area (Å²) in [6.45, 7) is 5.13. The summed E-state index contributed by atoms with van der Waals surface area (Å²) in [6, 6.07) is 2.97. The normalized spacial score (nSPS) is 24.3. The molecule has 0 saturated carbocycles. The zero-order valence-corrected chi connectivity index (χ0v) is 12.0. The average molecular weight is 264 g/mol. The van der Waals surface area contributed by atoms with E-state index in [4.69, 9.17) is 0 Å². The van der Waals surface area contributed by atoms with Crippen molar-refractivity contribution in [2.75, 3.05) is 26.2 Å². The molecule has 1 N–H and O–H groups in total. The number of hydrogen-bond acceptors (Lipinski definition) is 3. The maximum atomic E-state index is 3.77. The van der Waals surface area contributed by atoms with Gasteiger partial charge in [-0.25, -0.2) is 0 Å². The summed E-state index contributed by atoms with van der Waals surface area (Å²) in [5.41, 5.74) is 1.59. The minimum absolute atomic E-state index is 0.638. The molecule has 0 radical (unpaired) electrons. The Bertz CT molecular complexity index is 368. The van der Waals surface area contributed by atoms with E-state index >= 15 is 0 Å². The van der Waals surface area contributed by atoms with Crippen molar-refractivity contribution in [3.8, 4) is 0 Å². The summed E-state index contributed by atoms with van der Waals surface area (Å²) in [5, 5.41) is 6.03. The fourth-order valence-corrected chi connectivity index (χ4v) is 4.27. The van der Waals surface area contributed by atoms with Gasteiger partial charge in [-0.2, -0.15) is 0 Å². The van der Waals surface area contributed by atoms with Gasteiger partial charge in [0.05, 0.1) is 0 Å². The van der Waals surface area contributed by atoms with Gasteiger partial charge in [0.25, 0.3) is 0 Å². The Morgan fingerprint density at radius 2 is 2.17 bits per heavy atom. The Morgan fingerprint density at radius 1 is 1.28 bits per heavy atom. The van der Waals surface area contributed by atoms with Crippen LogP contribution in [0.15, 0.2) is 11.4 Å². The summed E-state index contributed by atoms with van der Waals surface area (Å²) in [7, 11) is 0. The van der Waals surface area contributed by atoms with Crippen LogP contribution in [0.4, 0.5) is 0 Å². The van der Waals surface area contributed by atoms with Crippen molar-refractivity contribution in [3.63, 3.8) is 0 Å². The van der Waals surface area contributed by atoms with Crippen molar-refractivity contribution in [2.45, 2.75) is 44.6 Å². The van der Waals surface area contributed by atoms with Gasteiger partial charge in [0, 0.05) is 10.9 Å². The second kappa shape index (κ2) is 6.18. The van der Waals surface area contributed by atoms with Crippen LogP contribution in [0.3, 0.4) is 0 Å². The molecule has 1 aromatic rings. The van der Waals surface area contributed by atoms with Gasteiger partial charge in [-0.3, -0.25) is 0 Å². The zero-order valence-electron chi connectivity index (χ0n) is 11.2. The number of fused-ring (bicyclic) bond motifs is 1. The van der Waals surface area contributed by atoms with Crippen LogP contribution in [0.5, 0.6) is 0 Å². The highest BCUT2D eigenvalue weighted by molar-refractivity contribution is 7.10. The molecule has 18 heavy (non-hydrogen) atoms. The van der Waals surface area contributed by atoms with Gasteiger partial charge in [0.1, 0.15) is 0 Å². The maximum Gasteiger partial charge on any atom is 0.0331 e. The molecule has 0 bridgehead atoms. The van der Waals surface area contributed by atoms with Gasteiger partial charge in [-0.05, 0) is 81.7 Å². The predicted octanol–water partition coefficient (Wildman–Crippen LogP) is 3.20. The third-order valence-corrected chi connectivity index (χ3v) is 5.29. The lowest BCUT2D eigenvalue weighted by molar-refractivity contribution is 0.325. The van der Waals surface area contributed by atoms with Gasteiger partial charge >= 0.3 is 0 Å². The van der Waals surface area contributed by atoms with Crippen molar-refractivity contribution in [1.29, 1.82) is 0 Å². The van der Waals surface area contributed by atoms with Crippen molar-refractivity contribution >= 4 is 11.3 Å². The first-order valence-electron chi connectivity index (χ1n) is 7.45. The molecule has 1 saturated heterocycles. The van der Waals surface area contributed by atoms with Gasteiger partial charge < -0.3 is 10.2 Å². The summed E-state index contributed by atoms with van der Waals surface area (Å²) in [4.78, 5) is 4.23. The monoisotopic (exact) mass is 264 g/mol. The minimum Gasteiger partial charge on any atom is -0.310 e. The Balaban J connectivity index is 1.41. The number of likely N-dealkylation sites (tertiary alicyclic amines) is 1. The van der Waals surface area contributed by atoms with Crippen molar-refractivity contribution < 1.29 is 0 Å². The fraction of sp³-hybridized carbons (Fsp3) is 0.733. The summed E-state index contributed by atoms with van der Waals surface area (Å²) in [5.74, 6) is 0. The first kappa shape index (κ1) is 12.6. The number of nitrogens with zero attached hydrogens (tertiary/aromatic N) is 1. The number of rotatable bonds is 5. The van der Waals surface area contributed by atoms with Crippen molar-refractivity contribution in [2.24, 2.45) is 0 Å². The van der Waals surface area contributed by atoms with Crippen LogP contribution in [0.2, 0.25) is 0 Å². The van der Waals surface area contributed by atoms with Crippen LogP contribution in [0, 0.1) is 0 Å². The van der Waals surface area contributed by atoms with Crippen LogP contribution in [0.25, 0.3) is 0 Å². The quantitative estimate of drug-likeness (QED) is 0.822. The van der Waals surface area contributed by atoms with E-state index in [0.717, 1.165) is 0 Å². The molecule has 1 aromatic heterocycles. The lowest BCUT2D eigenvalue weighted by Crippen LogP contribution is -2.28. The lowest BCUT2D eigenvalue weighted by Gasteiger charge is -2.24. The molecule has 0 aromatic carbocycles. The molecule has 0 amide bonds. The second-order valence-electron chi connectivity index (χ2n) is 5.60. The Morgan fingerprint density at radius 3 is 3.06 bits per heavy atom. The molecule has 1 fully saturated rings. The van der Waals surface area contributed by atoms with Crippen LogP contribution in [-0.4, -0.2) is 31.1 Å². The molecule has 2 nitrogen and oxygen atoms in total. The van der Waals surface area contributed by atoms with Crippen LogP contribution < -0.4 is 5.32 Å². The van der Waals surface area contributed by atoms with Crippen molar-refractivity contribution in [1.82, 2.24) is 10.2 Å². The van der Waals surface area contributed by atoms with E-state index in [1.807, 2.05) is 11.3 Å². The topological polar surface area (TPSA) is 15.3 Å². The summed E-state index contributed by atoms with van der Waals surface area (Å²) >= 11 is 1.94. The number of nitrogens with one attached hydrogen (secondary N) is 1. The molecule has 1 aliphatic carbocycles. The highest BCUT2D eigenvalue weighted by atomic mass is 32.1. The average Bonchev–Trinajstić information content (AvgIpc) is 3.05.